The normalized spacial score (nSPS) is 10.3. The Hall–Kier alpha value is -3.42. The summed E-state index contributed by atoms with van der Waals surface area (Å²) in [6, 6.07) is 16.2. The van der Waals surface area contributed by atoms with E-state index in [4.69, 9.17) is 23.2 Å². The van der Waals surface area contributed by atoms with Gasteiger partial charge in [0.05, 0.1) is 4.92 Å². The highest BCUT2D eigenvalue weighted by molar-refractivity contribution is 6.31. The van der Waals surface area contributed by atoms with Crippen LogP contribution < -0.4 is 10.6 Å². The summed E-state index contributed by atoms with van der Waals surface area (Å²) in [7, 11) is 0. The highest BCUT2D eigenvalue weighted by Gasteiger charge is 2.18. The molecule has 0 spiro atoms. The van der Waals surface area contributed by atoms with Crippen LogP contribution in [0, 0.1) is 10.1 Å². The fraction of sp³-hybridized carbons (Fsp3) is 0. The van der Waals surface area contributed by atoms with E-state index < -0.39 is 16.7 Å². The molecule has 2 N–H and O–H groups in total. The maximum Gasteiger partial charge on any atom is 0.271 e. The number of rotatable bonds is 5. The van der Waals surface area contributed by atoms with Gasteiger partial charge in [0.2, 0.25) is 0 Å². The first kappa shape index (κ1) is 20.3. The van der Waals surface area contributed by atoms with Crippen LogP contribution in [-0.4, -0.2) is 16.7 Å². The van der Waals surface area contributed by atoms with Gasteiger partial charge in [-0.05, 0) is 54.6 Å². The van der Waals surface area contributed by atoms with Gasteiger partial charge < -0.3 is 10.6 Å². The molecule has 0 aliphatic rings. The molecule has 3 aromatic carbocycles. The molecule has 0 unspecified atom stereocenters. The lowest BCUT2D eigenvalue weighted by atomic mass is 10.1. The molecule has 7 nitrogen and oxygen atoms in total. The second-order valence-corrected chi connectivity index (χ2v) is 6.82. The maximum atomic E-state index is 12.5. The number of anilines is 2. The number of hydrogen-bond donors (Lipinski definition) is 2. The van der Waals surface area contributed by atoms with Crippen LogP contribution in [0.25, 0.3) is 0 Å². The molecule has 9 heteroatoms. The van der Waals surface area contributed by atoms with E-state index in [-0.39, 0.29) is 16.8 Å². The van der Waals surface area contributed by atoms with E-state index >= 15 is 0 Å². The van der Waals surface area contributed by atoms with Crippen molar-refractivity contribution >= 4 is 52.1 Å². The lowest BCUT2D eigenvalue weighted by molar-refractivity contribution is -0.384. The monoisotopic (exact) mass is 429 g/mol. The lowest BCUT2D eigenvalue weighted by Gasteiger charge is -2.09. The van der Waals surface area contributed by atoms with Crippen LogP contribution >= 0.6 is 23.2 Å². The van der Waals surface area contributed by atoms with Gasteiger partial charge in [-0.15, -0.1) is 0 Å². The smallest absolute Gasteiger partial charge is 0.271 e. The van der Waals surface area contributed by atoms with Gasteiger partial charge >= 0.3 is 0 Å². The largest absolute Gasteiger partial charge is 0.322 e. The van der Waals surface area contributed by atoms with Crippen LogP contribution in [0.15, 0.2) is 66.7 Å². The number of nitrogens with one attached hydrogen (secondary N) is 2. The Bertz CT molecular complexity index is 1010. The first-order valence-electron chi connectivity index (χ1n) is 8.25. The van der Waals surface area contributed by atoms with Crippen molar-refractivity contribution in [3.05, 3.63) is 98.0 Å². The van der Waals surface area contributed by atoms with Crippen LogP contribution in [0.3, 0.4) is 0 Å². The van der Waals surface area contributed by atoms with E-state index in [0.717, 1.165) is 12.1 Å². The van der Waals surface area contributed by atoms with Gasteiger partial charge in [-0.25, -0.2) is 0 Å². The number of non-ortho nitro benzene ring substituents is 1. The first-order chi connectivity index (χ1) is 13.8. The zero-order chi connectivity index (χ0) is 21.0. The number of amides is 2. The molecule has 0 fully saturated rings. The summed E-state index contributed by atoms with van der Waals surface area (Å²) < 4.78 is 0. The van der Waals surface area contributed by atoms with Crippen LogP contribution in [-0.2, 0) is 0 Å². The van der Waals surface area contributed by atoms with Crippen molar-refractivity contribution in [1.29, 1.82) is 0 Å². The average molecular weight is 430 g/mol. The Morgan fingerprint density at radius 2 is 1.10 bits per heavy atom. The fourth-order valence-electron chi connectivity index (χ4n) is 2.45. The van der Waals surface area contributed by atoms with Gasteiger partial charge in [0, 0.05) is 44.7 Å². The van der Waals surface area contributed by atoms with Gasteiger partial charge in [-0.1, -0.05) is 23.2 Å². The Labute approximate surface area is 175 Å². The van der Waals surface area contributed by atoms with Crippen molar-refractivity contribution in [2.24, 2.45) is 0 Å². The number of carbonyl (C=O) groups excluding carboxylic acids is 2. The Morgan fingerprint density at radius 1 is 0.724 bits per heavy atom. The molecule has 0 bridgehead atoms. The Balaban J connectivity index is 1.87. The minimum Gasteiger partial charge on any atom is -0.322 e. The molecule has 0 aliphatic carbocycles. The molecular weight excluding hydrogens is 417 g/mol. The minimum atomic E-state index is -0.669. The summed E-state index contributed by atoms with van der Waals surface area (Å²) in [5.74, 6) is -1.20. The second kappa shape index (κ2) is 8.72. The van der Waals surface area contributed by atoms with E-state index in [1.165, 1.54) is 6.07 Å². The molecule has 0 aliphatic heterocycles. The van der Waals surface area contributed by atoms with E-state index in [1.807, 2.05) is 0 Å². The summed E-state index contributed by atoms with van der Waals surface area (Å²) >= 11 is 11.6. The lowest BCUT2D eigenvalue weighted by Crippen LogP contribution is -2.16. The van der Waals surface area contributed by atoms with Gasteiger partial charge in [-0.3, -0.25) is 19.7 Å². The van der Waals surface area contributed by atoms with E-state index in [0.29, 0.717) is 21.4 Å². The Kier molecular flexibility index (Phi) is 6.11. The topological polar surface area (TPSA) is 101 Å². The molecule has 29 heavy (non-hydrogen) atoms. The van der Waals surface area contributed by atoms with Crippen LogP contribution in [0.5, 0.6) is 0 Å². The molecule has 3 aromatic rings. The molecular formula is C20H13Cl2N3O4. The summed E-state index contributed by atoms with van der Waals surface area (Å²) in [6.45, 7) is 0. The van der Waals surface area contributed by atoms with Crippen molar-refractivity contribution in [3.63, 3.8) is 0 Å². The molecule has 146 valence electrons. The molecule has 2 amide bonds. The van der Waals surface area contributed by atoms with Gasteiger partial charge in [0.25, 0.3) is 17.5 Å². The summed E-state index contributed by atoms with van der Waals surface area (Å²) in [5.41, 5.74) is 0.469. The Morgan fingerprint density at radius 3 is 1.45 bits per heavy atom. The average Bonchev–Trinajstić information content (AvgIpc) is 2.71. The SMILES string of the molecule is O=C(Nc1ccc(Cl)cc1)c1cc(C(=O)Nc2ccc(Cl)cc2)cc([N+](=O)[O-])c1. The quantitative estimate of drug-likeness (QED) is 0.418. The van der Waals surface area contributed by atoms with Gasteiger partial charge in [0.1, 0.15) is 0 Å². The predicted molar refractivity (Wildman–Crippen MR) is 112 cm³/mol. The highest BCUT2D eigenvalue weighted by atomic mass is 35.5. The number of nitro benzene ring substituents is 1. The van der Waals surface area contributed by atoms with Crippen LogP contribution in [0.4, 0.5) is 17.1 Å². The number of hydrogen-bond acceptors (Lipinski definition) is 4. The highest BCUT2D eigenvalue weighted by Crippen LogP contribution is 2.21. The standard InChI is InChI=1S/C20H13Cl2N3O4/c21-14-1-5-16(6-2-14)23-19(26)12-9-13(11-18(10-12)25(28)29)20(27)24-17-7-3-15(22)4-8-17/h1-11H,(H,23,26)(H,24,27). The van der Waals surface area contributed by atoms with Crippen molar-refractivity contribution < 1.29 is 14.5 Å². The molecule has 0 heterocycles. The molecule has 0 radical (unpaired) electrons. The number of nitro groups is 1. The molecule has 0 saturated carbocycles. The van der Waals surface area contributed by atoms with Gasteiger partial charge in [0.15, 0.2) is 0 Å². The third kappa shape index (κ3) is 5.31. The number of halogens is 2. The van der Waals surface area contributed by atoms with Crippen LogP contribution in [0.1, 0.15) is 20.7 Å². The van der Waals surface area contributed by atoms with Gasteiger partial charge in [-0.2, -0.15) is 0 Å². The second-order valence-electron chi connectivity index (χ2n) is 5.95. The van der Waals surface area contributed by atoms with Crippen molar-refractivity contribution in [2.45, 2.75) is 0 Å². The first-order valence-corrected chi connectivity index (χ1v) is 9.01. The molecule has 0 atom stereocenters. The minimum absolute atomic E-state index is 0.0320. The van der Waals surface area contributed by atoms with Crippen LogP contribution in [0.2, 0.25) is 10.0 Å². The zero-order valence-electron chi connectivity index (χ0n) is 14.7. The molecule has 3 rings (SSSR count). The number of nitrogens with zero attached hydrogens (tertiary/aromatic N) is 1. The molecule has 0 saturated heterocycles. The summed E-state index contributed by atoms with van der Waals surface area (Å²) in [5, 5.41) is 17.5. The molecule has 0 aromatic heterocycles. The summed E-state index contributed by atoms with van der Waals surface area (Å²) in [4.78, 5) is 35.6. The summed E-state index contributed by atoms with van der Waals surface area (Å²) in [6.07, 6.45) is 0. The van der Waals surface area contributed by atoms with Crippen molar-refractivity contribution in [2.75, 3.05) is 10.6 Å². The van der Waals surface area contributed by atoms with Crippen molar-refractivity contribution in [1.82, 2.24) is 0 Å². The third-order valence-corrected chi connectivity index (χ3v) is 4.36. The zero-order valence-corrected chi connectivity index (χ0v) is 16.2. The van der Waals surface area contributed by atoms with E-state index in [9.17, 15) is 19.7 Å². The number of carbonyl (C=O) groups is 2. The maximum absolute atomic E-state index is 12.5. The van der Waals surface area contributed by atoms with E-state index in [1.54, 1.807) is 48.5 Å². The van der Waals surface area contributed by atoms with Crippen molar-refractivity contribution in [3.8, 4) is 0 Å². The predicted octanol–water partition coefficient (Wildman–Crippen LogP) is 5.41. The number of benzene rings is 3. The fourth-order valence-corrected chi connectivity index (χ4v) is 2.70. The third-order valence-electron chi connectivity index (χ3n) is 3.86. The van der Waals surface area contributed by atoms with E-state index in [2.05, 4.69) is 10.6 Å².